The standard InChI is InChI=1S/C11H11BrN2O2S/c1-6(2)9-5-8(14-16-9)11(15)13-7-3-4-17-10(7)12/h3-6H,1-2H3,(H,13,15). The van der Waals surface area contributed by atoms with E-state index in [0.717, 1.165) is 9.47 Å². The summed E-state index contributed by atoms with van der Waals surface area (Å²) < 4.78 is 5.96. The third kappa shape index (κ3) is 2.76. The second kappa shape index (κ2) is 5.01. The van der Waals surface area contributed by atoms with Crippen molar-refractivity contribution in [1.82, 2.24) is 5.16 Å². The fourth-order valence-electron chi connectivity index (χ4n) is 1.24. The number of carbonyl (C=O) groups excluding carboxylic acids is 1. The van der Waals surface area contributed by atoms with Crippen molar-refractivity contribution in [3.05, 3.63) is 32.8 Å². The number of amides is 1. The monoisotopic (exact) mass is 314 g/mol. The van der Waals surface area contributed by atoms with E-state index >= 15 is 0 Å². The first-order valence-corrected chi connectivity index (χ1v) is 6.76. The second-order valence-corrected chi connectivity index (χ2v) is 6.07. The number of nitrogens with one attached hydrogen (secondary N) is 1. The maximum absolute atomic E-state index is 11.9. The minimum Gasteiger partial charge on any atom is -0.360 e. The summed E-state index contributed by atoms with van der Waals surface area (Å²) in [5, 5.41) is 8.40. The Morgan fingerprint density at radius 1 is 1.59 bits per heavy atom. The number of thiophene rings is 1. The first kappa shape index (κ1) is 12.3. The van der Waals surface area contributed by atoms with Crippen LogP contribution in [0.4, 0.5) is 5.69 Å². The van der Waals surface area contributed by atoms with Gasteiger partial charge in [0.15, 0.2) is 5.69 Å². The molecule has 2 aromatic rings. The van der Waals surface area contributed by atoms with Crippen molar-refractivity contribution in [3.8, 4) is 0 Å². The van der Waals surface area contributed by atoms with Crippen LogP contribution in [0, 0.1) is 0 Å². The minimum atomic E-state index is -0.264. The molecule has 0 saturated heterocycles. The summed E-state index contributed by atoms with van der Waals surface area (Å²) in [6.45, 7) is 3.97. The lowest BCUT2D eigenvalue weighted by Gasteiger charge is -1.99. The molecule has 0 aliphatic heterocycles. The van der Waals surface area contributed by atoms with E-state index in [2.05, 4.69) is 26.4 Å². The highest BCUT2D eigenvalue weighted by atomic mass is 79.9. The number of anilines is 1. The summed E-state index contributed by atoms with van der Waals surface area (Å²) >= 11 is 4.87. The number of halogens is 1. The molecule has 0 bridgehead atoms. The van der Waals surface area contributed by atoms with Crippen molar-refractivity contribution >= 4 is 38.9 Å². The molecular weight excluding hydrogens is 304 g/mol. The number of hydrogen-bond donors (Lipinski definition) is 1. The highest BCUT2D eigenvalue weighted by Crippen LogP contribution is 2.28. The molecule has 0 aliphatic carbocycles. The van der Waals surface area contributed by atoms with Crippen molar-refractivity contribution in [2.45, 2.75) is 19.8 Å². The van der Waals surface area contributed by atoms with Gasteiger partial charge in [-0.25, -0.2) is 0 Å². The topological polar surface area (TPSA) is 55.1 Å². The molecule has 17 heavy (non-hydrogen) atoms. The van der Waals surface area contributed by atoms with Gasteiger partial charge in [0, 0.05) is 12.0 Å². The van der Waals surface area contributed by atoms with E-state index in [1.54, 1.807) is 6.07 Å². The molecule has 2 rings (SSSR count). The van der Waals surface area contributed by atoms with Crippen LogP contribution in [0.25, 0.3) is 0 Å². The Balaban J connectivity index is 2.12. The molecule has 1 amide bonds. The summed E-state index contributed by atoms with van der Waals surface area (Å²) in [7, 11) is 0. The summed E-state index contributed by atoms with van der Waals surface area (Å²) in [6, 6.07) is 3.50. The largest absolute Gasteiger partial charge is 0.360 e. The molecule has 0 atom stereocenters. The van der Waals surface area contributed by atoms with Gasteiger partial charge in [-0.05, 0) is 27.4 Å². The van der Waals surface area contributed by atoms with Gasteiger partial charge in [0.05, 0.1) is 9.47 Å². The van der Waals surface area contributed by atoms with Crippen molar-refractivity contribution in [3.63, 3.8) is 0 Å². The molecule has 0 unspecified atom stereocenters. The van der Waals surface area contributed by atoms with E-state index < -0.39 is 0 Å². The lowest BCUT2D eigenvalue weighted by Crippen LogP contribution is -2.11. The van der Waals surface area contributed by atoms with Crippen LogP contribution in [0.2, 0.25) is 0 Å². The van der Waals surface area contributed by atoms with Gasteiger partial charge < -0.3 is 9.84 Å². The molecule has 0 aliphatic rings. The fraction of sp³-hybridized carbons (Fsp3) is 0.273. The maximum atomic E-state index is 11.9. The summed E-state index contributed by atoms with van der Waals surface area (Å²) in [5.41, 5.74) is 1.04. The Labute approximate surface area is 111 Å². The summed E-state index contributed by atoms with van der Waals surface area (Å²) in [6.07, 6.45) is 0. The quantitative estimate of drug-likeness (QED) is 0.935. The van der Waals surface area contributed by atoms with Gasteiger partial charge in [-0.15, -0.1) is 11.3 Å². The Kier molecular flexibility index (Phi) is 3.63. The molecule has 90 valence electrons. The van der Waals surface area contributed by atoms with E-state index in [9.17, 15) is 4.79 Å². The van der Waals surface area contributed by atoms with E-state index in [1.807, 2.05) is 25.3 Å². The van der Waals surface area contributed by atoms with Gasteiger partial charge in [0.1, 0.15) is 5.76 Å². The van der Waals surface area contributed by atoms with Crippen LogP contribution < -0.4 is 5.32 Å². The number of carbonyl (C=O) groups is 1. The number of rotatable bonds is 3. The van der Waals surface area contributed by atoms with Gasteiger partial charge >= 0.3 is 0 Å². The van der Waals surface area contributed by atoms with Crippen LogP contribution in [0.3, 0.4) is 0 Å². The molecule has 0 spiro atoms. The molecule has 1 N–H and O–H groups in total. The zero-order valence-corrected chi connectivity index (χ0v) is 11.8. The van der Waals surface area contributed by atoms with Crippen LogP contribution in [-0.4, -0.2) is 11.1 Å². The second-order valence-electron chi connectivity index (χ2n) is 3.83. The van der Waals surface area contributed by atoms with Crippen molar-refractivity contribution < 1.29 is 9.32 Å². The van der Waals surface area contributed by atoms with Gasteiger partial charge in [-0.2, -0.15) is 0 Å². The van der Waals surface area contributed by atoms with Gasteiger partial charge in [0.2, 0.25) is 0 Å². The molecule has 0 radical (unpaired) electrons. The van der Waals surface area contributed by atoms with Crippen molar-refractivity contribution in [1.29, 1.82) is 0 Å². The van der Waals surface area contributed by atoms with Crippen LogP contribution in [-0.2, 0) is 0 Å². The van der Waals surface area contributed by atoms with Crippen LogP contribution in [0.15, 0.2) is 25.8 Å². The molecule has 0 aromatic carbocycles. The first-order valence-electron chi connectivity index (χ1n) is 5.09. The van der Waals surface area contributed by atoms with Gasteiger partial charge in [0.25, 0.3) is 5.91 Å². The number of nitrogens with zero attached hydrogens (tertiary/aromatic N) is 1. The van der Waals surface area contributed by atoms with E-state index in [4.69, 9.17) is 4.52 Å². The average Bonchev–Trinajstić information content (AvgIpc) is 2.88. The third-order valence-corrected chi connectivity index (χ3v) is 3.88. The predicted molar refractivity (Wildman–Crippen MR) is 70.6 cm³/mol. The van der Waals surface area contributed by atoms with Crippen LogP contribution in [0.1, 0.15) is 36.0 Å². The van der Waals surface area contributed by atoms with Crippen molar-refractivity contribution in [2.24, 2.45) is 0 Å². The highest BCUT2D eigenvalue weighted by molar-refractivity contribution is 9.11. The van der Waals surface area contributed by atoms with Crippen LogP contribution in [0.5, 0.6) is 0 Å². The lowest BCUT2D eigenvalue weighted by molar-refractivity contribution is 0.101. The molecule has 0 fully saturated rings. The normalized spacial score (nSPS) is 10.8. The lowest BCUT2D eigenvalue weighted by atomic mass is 10.1. The van der Waals surface area contributed by atoms with Crippen LogP contribution >= 0.6 is 27.3 Å². The predicted octanol–water partition coefficient (Wildman–Crippen LogP) is 3.87. The average molecular weight is 315 g/mol. The molecule has 0 saturated carbocycles. The molecule has 6 heteroatoms. The Hall–Kier alpha value is -1.14. The Morgan fingerprint density at radius 3 is 2.88 bits per heavy atom. The first-order chi connectivity index (χ1) is 8.08. The van der Waals surface area contributed by atoms with Crippen molar-refractivity contribution in [2.75, 3.05) is 5.32 Å². The van der Waals surface area contributed by atoms with E-state index in [1.165, 1.54) is 11.3 Å². The zero-order valence-electron chi connectivity index (χ0n) is 9.36. The Morgan fingerprint density at radius 2 is 2.35 bits per heavy atom. The smallest absolute Gasteiger partial charge is 0.277 e. The molecule has 2 heterocycles. The maximum Gasteiger partial charge on any atom is 0.277 e. The van der Waals surface area contributed by atoms with Gasteiger partial charge in [-0.1, -0.05) is 19.0 Å². The summed E-state index contributed by atoms with van der Waals surface area (Å²) in [4.78, 5) is 11.9. The number of aromatic nitrogens is 1. The zero-order chi connectivity index (χ0) is 12.4. The molecule has 4 nitrogen and oxygen atoms in total. The SMILES string of the molecule is CC(C)c1cc(C(=O)Nc2ccsc2Br)no1. The number of hydrogen-bond acceptors (Lipinski definition) is 4. The third-order valence-electron chi connectivity index (χ3n) is 2.20. The fourth-order valence-corrected chi connectivity index (χ4v) is 2.36. The van der Waals surface area contributed by atoms with E-state index in [0.29, 0.717) is 11.5 Å². The highest BCUT2D eigenvalue weighted by Gasteiger charge is 2.15. The minimum absolute atomic E-state index is 0.219. The van der Waals surface area contributed by atoms with E-state index in [-0.39, 0.29) is 11.8 Å². The molecule has 2 aromatic heterocycles. The summed E-state index contributed by atoms with van der Waals surface area (Å²) in [5.74, 6) is 0.663. The molecular formula is C11H11BrN2O2S. The Bertz CT molecular complexity index is 533. The van der Waals surface area contributed by atoms with Gasteiger partial charge in [-0.3, -0.25) is 4.79 Å².